The highest BCUT2D eigenvalue weighted by molar-refractivity contribution is 5.63. The number of halogens is 6. The molecule has 1 atom stereocenters. The summed E-state index contributed by atoms with van der Waals surface area (Å²) in [6.07, 6.45) is -11.4. The van der Waals surface area contributed by atoms with Crippen LogP contribution in [0.15, 0.2) is 78.9 Å². The Hall–Kier alpha value is -4.10. The van der Waals surface area contributed by atoms with E-state index in [-0.39, 0.29) is 23.0 Å². The van der Waals surface area contributed by atoms with E-state index in [4.69, 9.17) is 0 Å². The molecule has 0 aliphatic rings. The van der Waals surface area contributed by atoms with Crippen LogP contribution in [0.25, 0.3) is 11.3 Å². The summed E-state index contributed by atoms with van der Waals surface area (Å²) in [4.78, 5) is 0. The van der Waals surface area contributed by atoms with Crippen LogP contribution in [0.5, 0.6) is 0 Å². The first-order chi connectivity index (χ1) is 17.0. The summed E-state index contributed by atoms with van der Waals surface area (Å²) in [5.74, 6) is 5.45. The summed E-state index contributed by atoms with van der Waals surface area (Å²) in [7, 11) is 0. The molecule has 0 aliphatic heterocycles. The molecular weight excluding hydrogens is 484 g/mol. The van der Waals surface area contributed by atoms with Gasteiger partial charge in [-0.2, -0.15) is 26.3 Å². The Bertz CT molecular complexity index is 1370. The Labute approximate surface area is 201 Å². The van der Waals surface area contributed by atoms with Gasteiger partial charge in [-0.3, -0.25) is 0 Å². The van der Waals surface area contributed by atoms with E-state index < -0.39 is 36.1 Å². The van der Waals surface area contributed by atoms with E-state index in [1.807, 2.05) is 0 Å². The van der Waals surface area contributed by atoms with Gasteiger partial charge < -0.3 is 5.11 Å². The minimum absolute atomic E-state index is 0.0210. The number of aliphatic hydroxyl groups excluding tert-OH is 1. The molecule has 0 saturated heterocycles. The van der Waals surface area contributed by atoms with Crippen LogP contribution >= 0.6 is 0 Å². The van der Waals surface area contributed by atoms with Crippen molar-refractivity contribution < 1.29 is 31.4 Å². The Morgan fingerprint density at radius 2 is 1.36 bits per heavy atom. The van der Waals surface area contributed by atoms with Crippen LogP contribution in [-0.4, -0.2) is 20.1 Å². The Balaban J connectivity index is 1.78. The van der Waals surface area contributed by atoms with Gasteiger partial charge in [0.2, 0.25) is 0 Å². The van der Waals surface area contributed by atoms with Crippen LogP contribution in [-0.2, 0) is 18.9 Å². The van der Waals surface area contributed by atoms with Crippen LogP contribution in [0, 0.1) is 11.8 Å². The second kappa shape index (κ2) is 9.87. The molecule has 1 N–H and O–H groups in total. The number of aromatic nitrogens is 3. The van der Waals surface area contributed by atoms with Gasteiger partial charge in [0, 0.05) is 11.1 Å². The average molecular weight is 501 g/mol. The van der Waals surface area contributed by atoms with Gasteiger partial charge in [0.15, 0.2) is 6.10 Å². The van der Waals surface area contributed by atoms with Crippen molar-refractivity contribution in [2.45, 2.75) is 25.0 Å². The van der Waals surface area contributed by atoms with Crippen molar-refractivity contribution >= 4 is 0 Å². The Kier molecular flexibility index (Phi) is 6.86. The van der Waals surface area contributed by atoms with Gasteiger partial charge in [0.1, 0.15) is 5.69 Å². The average Bonchev–Trinajstić information content (AvgIpc) is 3.26. The molecule has 0 saturated carbocycles. The van der Waals surface area contributed by atoms with Gasteiger partial charge >= 0.3 is 12.4 Å². The molecule has 3 aromatic carbocycles. The van der Waals surface area contributed by atoms with Crippen LogP contribution < -0.4 is 0 Å². The number of hydrogen-bond acceptors (Lipinski definition) is 3. The lowest BCUT2D eigenvalue weighted by atomic mass is 10.0. The second-order valence-electron chi connectivity index (χ2n) is 7.80. The first-order valence-corrected chi connectivity index (χ1v) is 10.5. The van der Waals surface area contributed by atoms with Crippen LogP contribution in [0.2, 0.25) is 0 Å². The zero-order valence-corrected chi connectivity index (χ0v) is 18.3. The van der Waals surface area contributed by atoms with E-state index >= 15 is 0 Å². The second-order valence-corrected chi connectivity index (χ2v) is 7.80. The molecule has 36 heavy (non-hydrogen) atoms. The molecular formula is C26H17F6N3O. The fourth-order valence-electron chi connectivity index (χ4n) is 3.54. The van der Waals surface area contributed by atoms with E-state index in [1.165, 1.54) is 0 Å². The number of hydrogen-bond donors (Lipinski definition) is 1. The maximum absolute atomic E-state index is 13.3. The zero-order valence-electron chi connectivity index (χ0n) is 18.3. The molecule has 184 valence electrons. The van der Waals surface area contributed by atoms with Crippen molar-refractivity contribution in [1.82, 2.24) is 15.0 Å². The summed E-state index contributed by atoms with van der Waals surface area (Å²) in [6.45, 7) is -0.455. The Morgan fingerprint density at radius 1 is 0.806 bits per heavy atom. The topological polar surface area (TPSA) is 50.9 Å². The predicted molar refractivity (Wildman–Crippen MR) is 119 cm³/mol. The lowest BCUT2D eigenvalue weighted by molar-refractivity contribution is -0.143. The molecule has 0 fully saturated rings. The molecule has 1 heterocycles. The van der Waals surface area contributed by atoms with Gasteiger partial charge in [0.25, 0.3) is 0 Å². The quantitative estimate of drug-likeness (QED) is 0.271. The molecule has 0 radical (unpaired) electrons. The van der Waals surface area contributed by atoms with E-state index in [0.29, 0.717) is 23.3 Å². The molecule has 0 spiro atoms. The van der Waals surface area contributed by atoms with Crippen molar-refractivity contribution in [1.29, 1.82) is 0 Å². The third kappa shape index (κ3) is 5.75. The molecule has 0 bridgehead atoms. The monoisotopic (exact) mass is 501 g/mol. The van der Waals surface area contributed by atoms with Gasteiger partial charge in [-0.25, -0.2) is 4.68 Å². The third-order valence-corrected chi connectivity index (χ3v) is 5.17. The van der Waals surface area contributed by atoms with Crippen LogP contribution in [0.3, 0.4) is 0 Å². The molecule has 4 aromatic rings. The molecule has 4 rings (SSSR count). The van der Waals surface area contributed by atoms with Crippen molar-refractivity contribution in [3.63, 3.8) is 0 Å². The summed E-state index contributed by atoms with van der Waals surface area (Å²) in [6, 6.07) is 18.6. The number of aliphatic hydroxyl groups is 1. The van der Waals surface area contributed by atoms with Crippen LogP contribution in [0.1, 0.15) is 34.1 Å². The SMILES string of the molecule is OC(C#Cc1ccccc1)c1nnn(Cc2cc(C(F)(F)F)cc(C(F)(F)F)c2)c1-c1ccccc1. The Morgan fingerprint density at radius 3 is 1.92 bits per heavy atom. The van der Waals surface area contributed by atoms with Gasteiger partial charge in [-0.15, -0.1) is 5.10 Å². The minimum atomic E-state index is -4.98. The first-order valence-electron chi connectivity index (χ1n) is 10.5. The summed E-state index contributed by atoms with van der Waals surface area (Å²) in [5, 5.41) is 18.6. The van der Waals surface area contributed by atoms with E-state index in [2.05, 4.69) is 22.2 Å². The van der Waals surface area contributed by atoms with Crippen molar-refractivity contribution in [2.24, 2.45) is 0 Å². The highest BCUT2D eigenvalue weighted by Gasteiger charge is 2.37. The standard InChI is InChI=1S/C26H17F6N3O/c27-25(28,29)20-13-18(14-21(15-20)26(30,31)32)16-35-24(19-9-5-2-6-10-19)23(33-34-35)22(36)12-11-17-7-3-1-4-8-17/h1-10,13-15,22,36H,16H2. The molecule has 10 heteroatoms. The van der Waals surface area contributed by atoms with Gasteiger partial charge in [0.05, 0.1) is 23.4 Å². The third-order valence-electron chi connectivity index (χ3n) is 5.17. The molecule has 0 aliphatic carbocycles. The highest BCUT2D eigenvalue weighted by Crippen LogP contribution is 2.37. The van der Waals surface area contributed by atoms with E-state index in [9.17, 15) is 31.4 Å². The molecule has 4 nitrogen and oxygen atoms in total. The van der Waals surface area contributed by atoms with Crippen molar-refractivity contribution in [2.75, 3.05) is 0 Å². The minimum Gasteiger partial charge on any atom is -0.374 e. The fraction of sp³-hybridized carbons (Fsp3) is 0.154. The summed E-state index contributed by atoms with van der Waals surface area (Å²) >= 11 is 0. The lowest BCUT2D eigenvalue weighted by Gasteiger charge is -2.15. The van der Waals surface area contributed by atoms with Crippen molar-refractivity contribution in [3.05, 3.63) is 107 Å². The normalized spacial score (nSPS) is 12.6. The maximum Gasteiger partial charge on any atom is 0.416 e. The first kappa shape index (κ1) is 25.0. The molecule has 0 amide bonds. The molecule has 1 aromatic heterocycles. The van der Waals surface area contributed by atoms with Gasteiger partial charge in [-0.1, -0.05) is 65.6 Å². The van der Waals surface area contributed by atoms with Gasteiger partial charge in [-0.05, 0) is 35.9 Å². The maximum atomic E-state index is 13.3. The van der Waals surface area contributed by atoms with E-state index in [1.54, 1.807) is 60.7 Å². The lowest BCUT2D eigenvalue weighted by Crippen LogP contribution is -2.13. The fourth-order valence-corrected chi connectivity index (χ4v) is 3.54. The predicted octanol–water partition coefficient (Wildman–Crippen LogP) is 6.12. The smallest absolute Gasteiger partial charge is 0.374 e. The zero-order chi connectivity index (χ0) is 25.9. The number of benzene rings is 3. The van der Waals surface area contributed by atoms with Crippen molar-refractivity contribution in [3.8, 4) is 23.1 Å². The van der Waals surface area contributed by atoms with Crippen LogP contribution in [0.4, 0.5) is 26.3 Å². The number of rotatable bonds is 4. The number of alkyl halides is 6. The summed E-state index contributed by atoms with van der Waals surface area (Å²) in [5.41, 5.74) is -1.76. The molecule has 1 unspecified atom stereocenters. The summed E-state index contributed by atoms with van der Waals surface area (Å²) < 4.78 is 81.0. The number of nitrogens with zero attached hydrogens (tertiary/aromatic N) is 3. The largest absolute Gasteiger partial charge is 0.416 e. The highest BCUT2D eigenvalue weighted by atomic mass is 19.4. The van der Waals surface area contributed by atoms with E-state index in [0.717, 1.165) is 4.68 Å².